The smallest absolute Gasteiger partial charge is 0.254 e. The van der Waals surface area contributed by atoms with Gasteiger partial charge in [-0.3, -0.25) is 9.69 Å². The number of sulfonamides is 1. The lowest BCUT2D eigenvalue weighted by atomic mass is 10.0. The average molecular weight is 447 g/mol. The van der Waals surface area contributed by atoms with Gasteiger partial charge in [-0.05, 0) is 44.4 Å². The fourth-order valence-corrected chi connectivity index (χ4v) is 5.66. The van der Waals surface area contributed by atoms with E-state index in [1.165, 1.54) is 9.87 Å². The van der Waals surface area contributed by atoms with Gasteiger partial charge in [0.05, 0.1) is 18.1 Å². The second kappa shape index (κ2) is 8.72. The average Bonchev–Trinajstić information content (AvgIpc) is 3.25. The highest BCUT2D eigenvalue weighted by atomic mass is 32.2. The van der Waals surface area contributed by atoms with Crippen LogP contribution in [-0.2, 0) is 29.5 Å². The second-order valence-corrected chi connectivity index (χ2v) is 11.1. The number of rotatable bonds is 6. The number of aromatic nitrogens is 2. The Balaban J connectivity index is 1.50. The molecule has 2 aliphatic heterocycles. The predicted molar refractivity (Wildman–Crippen MR) is 119 cm³/mol. The van der Waals surface area contributed by atoms with Crippen LogP contribution in [0.1, 0.15) is 48.8 Å². The summed E-state index contributed by atoms with van der Waals surface area (Å²) in [6, 6.07) is 8.00. The third-order valence-electron chi connectivity index (χ3n) is 6.23. The minimum atomic E-state index is -3.30. The van der Waals surface area contributed by atoms with Gasteiger partial charge in [0, 0.05) is 44.2 Å². The van der Waals surface area contributed by atoms with Crippen LogP contribution in [0.5, 0.6) is 5.75 Å². The number of nitrogens with one attached hydrogen (secondary N) is 1. The largest absolute Gasteiger partial charge is 0.497 e. The van der Waals surface area contributed by atoms with E-state index < -0.39 is 15.3 Å². The van der Waals surface area contributed by atoms with Crippen LogP contribution in [0.4, 0.5) is 0 Å². The molecule has 1 saturated heterocycles. The Bertz CT molecular complexity index is 1100. The summed E-state index contributed by atoms with van der Waals surface area (Å²) in [5.74, 6) is 1.36. The Morgan fingerprint density at radius 3 is 2.65 bits per heavy atom. The van der Waals surface area contributed by atoms with Gasteiger partial charge in [-0.2, -0.15) is 0 Å². The van der Waals surface area contributed by atoms with Crippen LogP contribution in [-0.4, -0.2) is 59.6 Å². The third kappa shape index (κ3) is 4.53. The molecule has 168 valence electrons. The Morgan fingerprint density at radius 2 is 1.97 bits per heavy atom. The maximum Gasteiger partial charge on any atom is 0.254 e. The van der Waals surface area contributed by atoms with Gasteiger partial charge in [0.1, 0.15) is 11.6 Å². The maximum atomic E-state index is 12.7. The van der Waals surface area contributed by atoms with E-state index in [-0.39, 0.29) is 11.5 Å². The highest BCUT2D eigenvalue weighted by Gasteiger charge is 2.35. The first-order valence-corrected chi connectivity index (χ1v) is 12.2. The number of hydrogen-bond donors (Lipinski definition) is 1. The van der Waals surface area contributed by atoms with Crippen LogP contribution in [0.3, 0.4) is 0 Å². The van der Waals surface area contributed by atoms with Crippen molar-refractivity contribution in [2.24, 2.45) is 0 Å². The number of methoxy groups -OCH3 is 1. The van der Waals surface area contributed by atoms with Crippen molar-refractivity contribution in [3.05, 3.63) is 57.3 Å². The lowest BCUT2D eigenvalue weighted by molar-refractivity contribution is 0.239. The molecule has 1 fully saturated rings. The molecular weight excluding hydrogens is 416 g/mol. The predicted octanol–water partition coefficient (Wildman–Crippen LogP) is 1.86. The summed E-state index contributed by atoms with van der Waals surface area (Å²) in [5, 5.41) is -0.451. The van der Waals surface area contributed by atoms with Gasteiger partial charge in [-0.25, -0.2) is 17.7 Å². The van der Waals surface area contributed by atoms with Crippen LogP contribution in [0.25, 0.3) is 0 Å². The number of hydrogen-bond acceptors (Lipinski definition) is 6. The molecule has 9 heteroatoms. The molecule has 1 N–H and O–H groups in total. The van der Waals surface area contributed by atoms with Crippen molar-refractivity contribution < 1.29 is 13.2 Å². The molecular formula is C22H30N4O4S. The molecule has 0 bridgehead atoms. The summed E-state index contributed by atoms with van der Waals surface area (Å²) in [7, 11) is -1.65. The van der Waals surface area contributed by atoms with Crippen LogP contribution in [0, 0.1) is 0 Å². The standard InChI is InChI=1S/C22H30N4O4S/c1-15(2)31(28,29)26-11-8-17(13-26)21-23-20-14-25(10-9-19(20)22(27)24-21)12-16-4-6-18(30-3)7-5-16/h4-7,15,17H,8-14H2,1-3H3,(H,23,24,27). The van der Waals surface area contributed by atoms with E-state index in [4.69, 9.17) is 9.72 Å². The number of benzene rings is 1. The summed E-state index contributed by atoms with van der Waals surface area (Å²) in [4.78, 5) is 22.7. The minimum absolute atomic E-state index is 0.0801. The summed E-state index contributed by atoms with van der Waals surface area (Å²) in [6.07, 6.45) is 1.33. The van der Waals surface area contributed by atoms with E-state index >= 15 is 0 Å². The van der Waals surface area contributed by atoms with E-state index in [1.807, 2.05) is 24.3 Å². The summed E-state index contributed by atoms with van der Waals surface area (Å²) in [5.41, 5.74) is 2.65. The molecule has 8 nitrogen and oxygen atoms in total. The zero-order valence-electron chi connectivity index (χ0n) is 18.3. The SMILES string of the molecule is COc1ccc(CN2CCc3c(nc(C4CCN(S(=O)(=O)C(C)C)C4)[nH]c3=O)C2)cc1. The van der Waals surface area contributed by atoms with Crippen LogP contribution >= 0.6 is 0 Å². The van der Waals surface area contributed by atoms with Crippen molar-refractivity contribution in [1.29, 1.82) is 0 Å². The molecule has 31 heavy (non-hydrogen) atoms. The normalized spacial score (nSPS) is 20.2. The quantitative estimate of drug-likeness (QED) is 0.728. The fourth-order valence-electron chi connectivity index (χ4n) is 4.31. The number of aromatic amines is 1. The molecule has 1 aromatic heterocycles. The van der Waals surface area contributed by atoms with E-state index in [0.717, 1.165) is 30.1 Å². The number of fused-ring (bicyclic) bond motifs is 1. The van der Waals surface area contributed by atoms with E-state index in [2.05, 4.69) is 9.88 Å². The zero-order chi connectivity index (χ0) is 22.2. The van der Waals surface area contributed by atoms with Gasteiger partial charge in [-0.15, -0.1) is 0 Å². The molecule has 0 radical (unpaired) electrons. The summed E-state index contributed by atoms with van der Waals surface area (Å²) >= 11 is 0. The van der Waals surface area contributed by atoms with Crippen LogP contribution in [0.2, 0.25) is 0 Å². The molecule has 0 amide bonds. The molecule has 0 spiro atoms. The summed E-state index contributed by atoms with van der Waals surface area (Å²) in [6.45, 7) is 6.41. The molecule has 1 unspecified atom stereocenters. The summed E-state index contributed by atoms with van der Waals surface area (Å²) < 4.78 is 31.7. The van der Waals surface area contributed by atoms with E-state index in [0.29, 0.717) is 38.3 Å². The van der Waals surface area contributed by atoms with Crippen molar-refractivity contribution in [2.45, 2.75) is 50.9 Å². The molecule has 2 aromatic rings. The van der Waals surface area contributed by atoms with E-state index in [9.17, 15) is 13.2 Å². The van der Waals surface area contributed by atoms with Gasteiger partial charge in [0.25, 0.3) is 5.56 Å². The highest BCUT2D eigenvalue weighted by Crippen LogP contribution is 2.28. The second-order valence-electron chi connectivity index (χ2n) is 8.62. The van der Waals surface area contributed by atoms with Gasteiger partial charge >= 0.3 is 0 Å². The molecule has 0 saturated carbocycles. The molecule has 3 heterocycles. The van der Waals surface area contributed by atoms with Crippen LogP contribution < -0.4 is 10.3 Å². The molecule has 1 atom stereocenters. The lowest BCUT2D eigenvalue weighted by Crippen LogP contribution is -2.36. The van der Waals surface area contributed by atoms with Crippen LogP contribution in [0.15, 0.2) is 29.1 Å². The molecule has 2 aliphatic rings. The van der Waals surface area contributed by atoms with Crippen molar-refractivity contribution in [2.75, 3.05) is 26.7 Å². The lowest BCUT2D eigenvalue weighted by Gasteiger charge is -2.28. The first-order chi connectivity index (χ1) is 14.8. The fraction of sp³-hybridized carbons (Fsp3) is 0.545. The number of H-pyrrole nitrogens is 1. The maximum absolute atomic E-state index is 12.7. The Kier molecular flexibility index (Phi) is 6.18. The zero-order valence-corrected chi connectivity index (χ0v) is 19.1. The number of nitrogens with zero attached hydrogens (tertiary/aromatic N) is 3. The minimum Gasteiger partial charge on any atom is -0.497 e. The van der Waals surface area contributed by atoms with Gasteiger partial charge < -0.3 is 9.72 Å². The van der Waals surface area contributed by atoms with Crippen molar-refractivity contribution >= 4 is 10.0 Å². The van der Waals surface area contributed by atoms with Gasteiger partial charge in [0.2, 0.25) is 10.0 Å². The Morgan fingerprint density at radius 1 is 1.23 bits per heavy atom. The first kappa shape index (κ1) is 22.0. The molecule has 1 aromatic carbocycles. The third-order valence-corrected chi connectivity index (χ3v) is 8.47. The Hall–Kier alpha value is -2.23. The van der Waals surface area contributed by atoms with E-state index in [1.54, 1.807) is 21.0 Å². The first-order valence-electron chi connectivity index (χ1n) is 10.7. The highest BCUT2D eigenvalue weighted by molar-refractivity contribution is 7.89. The topological polar surface area (TPSA) is 95.6 Å². The number of ether oxygens (including phenoxy) is 1. The van der Waals surface area contributed by atoms with Gasteiger partial charge in [-0.1, -0.05) is 12.1 Å². The van der Waals surface area contributed by atoms with Gasteiger partial charge in [0.15, 0.2) is 0 Å². The van der Waals surface area contributed by atoms with Crippen molar-refractivity contribution in [1.82, 2.24) is 19.2 Å². The van der Waals surface area contributed by atoms with Crippen molar-refractivity contribution in [3.8, 4) is 5.75 Å². The van der Waals surface area contributed by atoms with Crippen molar-refractivity contribution in [3.63, 3.8) is 0 Å². The molecule has 0 aliphatic carbocycles. The molecule has 4 rings (SSSR count). The Labute approximate surface area is 183 Å². The monoisotopic (exact) mass is 446 g/mol.